The second-order valence-corrected chi connectivity index (χ2v) is 5.66. The first kappa shape index (κ1) is 13.9. The number of fused-ring (bicyclic) bond motifs is 1. The van der Waals surface area contributed by atoms with E-state index in [1.165, 1.54) is 0 Å². The Balaban J connectivity index is 1.81. The normalized spacial score (nSPS) is 23.2. The summed E-state index contributed by atoms with van der Waals surface area (Å²) in [4.78, 5) is 28.2. The largest absolute Gasteiger partial charge is 0.497 e. The highest BCUT2D eigenvalue weighted by atomic mass is 16.5. The number of amides is 2. The molecule has 2 saturated heterocycles. The topological polar surface area (TPSA) is 49.9 Å². The van der Waals surface area contributed by atoms with Crippen molar-refractivity contribution in [3.05, 3.63) is 29.8 Å². The van der Waals surface area contributed by atoms with E-state index in [0.717, 1.165) is 30.7 Å². The molecule has 0 N–H and O–H groups in total. The molecule has 5 nitrogen and oxygen atoms in total. The maximum absolute atomic E-state index is 12.6. The molecule has 0 aliphatic carbocycles. The van der Waals surface area contributed by atoms with E-state index in [4.69, 9.17) is 4.74 Å². The van der Waals surface area contributed by atoms with Crippen LogP contribution < -0.4 is 4.74 Å². The molecule has 1 aromatic carbocycles. The molecule has 2 unspecified atom stereocenters. The molecule has 0 radical (unpaired) electrons. The van der Waals surface area contributed by atoms with Crippen molar-refractivity contribution in [2.45, 2.75) is 31.8 Å². The standard InChI is InChI=1S/C16H20N2O3/c1-11(12-5-7-13(21-2)8-6-12)18-10-15(19)17-9-3-4-14(17)16(18)20/h5-8,11,14H,3-4,9-10H2,1-2H3. The lowest BCUT2D eigenvalue weighted by atomic mass is 10.0. The molecule has 0 spiro atoms. The summed E-state index contributed by atoms with van der Waals surface area (Å²) in [6.07, 6.45) is 1.71. The van der Waals surface area contributed by atoms with E-state index in [1.54, 1.807) is 16.9 Å². The van der Waals surface area contributed by atoms with Crippen LogP contribution in [0.3, 0.4) is 0 Å². The van der Waals surface area contributed by atoms with Crippen LogP contribution in [0.5, 0.6) is 5.75 Å². The zero-order chi connectivity index (χ0) is 15.0. The average molecular weight is 288 g/mol. The zero-order valence-corrected chi connectivity index (χ0v) is 12.4. The van der Waals surface area contributed by atoms with Gasteiger partial charge in [-0.3, -0.25) is 9.59 Å². The third kappa shape index (κ3) is 2.37. The first-order chi connectivity index (χ1) is 10.1. The van der Waals surface area contributed by atoms with Crippen molar-refractivity contribution in [2.24, 2.45) is 0 Å². The fourth-order valence-corrected chi connectivity index (χ4v) is 3.22. The fourth-order valence-electron chi connectivity index (χ4n) is 3.22. The van der Waals surface area contributed by atoms with Crippen LogP contribution in [0.15, 0.2) is 24.3 Å². The van der Waals surface area contributed by atoms with Gasteiger partial charge in [-0.05, 0) is 37.5 Å². The molecule has 21 heavy (non-hydrogen) atoms. The number of benzene rings is 1. The van der Waals surface area contributed by atoms with E-state index in [-0.39, 0.29) is 30.4 Å². The molecule has 0 bridgehead atoms. The summed E-state index contributed by atoms with van der Waals surface area (Å²) in [5.41, 5.74) is 1.02. The molecule has 3 rings (SSSR count). The molecular weight excluding hydrogens is 268 g/mol. The molecule has 0 saturated carbocycles. The van der Waals surface area contributed by atoms with Crippen LogP contribution in [0.2, 0.25) is 0 Å². The van der Waals surface area contributed by atoms with E-state index >= 15 is 0 Å². The molecule has 5 heteroatoms. The van der Waals surface area contributed by atoms with Gasteiger partial charge in [-0.25, -0.2) is 0 Å². The quantitative estimate of drug-likeness (QED) is 0.848. The van der Waals surface area contributed by atoms with Crippen LogP contribution in [-0.2, 0) is 9.59 Å². The van der Waals surface area contributed by atoms with Crippen molar-refractivity contribution < 1.29 is 14.3 Å². The summed E-state index contributed by atoms with van der Waals surface area (Å²) in [6, 6.07) is 7.31. The van der Waals surface area contributed by atoms with Crippen LogP contribution in [0.1, 0.15) is 31.4 Å². The zero-order valence-electron chi connectivity index (χ0n) is 12.4. The third-order valence-electron chi connectivity index (χ3n) is 4.51. The Labute approximate surface area is 124 Å². The first-order valence-corrected chi connectivity index (χ1v) is 7.35. The minimum absolute atomic E-state index is 0.0671. The Morgan fingerprint density at radius 2 is 1.95 bits per heavy atom. The van der Waals surface area contributed by atoms with Crippen LogP contribution >= 0.6 is 0 Å². The van der Waals surface area contributed by atoms with Gasteiger partial charge in [0.05, 0.1) is 13.2 Å². The lowest BCUT2D eigenvalue weighted by molar-refractivity contribution is -0.155. The average Bonchev–Trinajstić information content (AvgIpc) is 3.01. The summed E-state index contributed by atoms with van der Waals surface area (Å²) in [5, 5.41) is 0. The van der Waals surface area contributed by atoms with Gasteiger partial charge in [0.25, 0.3) is 0 Å². The summed E-state index contributed by atoms with van der Waals surface area (Å²) in [7, 11) is 1.62. The molecule has 2 fully saturated rings. The van der Waals surface area contributed by atoms with Crippen LogP contribution in [0.25, 0.3) is 0 Å². The Morgan fingerprint density at radius 3 is 2.62 bits per heavy atom. The van der Waals surface area contributed by atoms with Crippen molar-refractivity contribution in [1.82, 2.24) is 9.80 Å². The molecule has 1 aromatic rings. The summed E-state index contributed by atoms with van der Waals surface area (Å²) in [6.45, 7) is 2.88. The maximum atomic E-state index is 12.6. The molecule has 2 amide bonds. The van der Waals surface area contributed by atoms with Crippen molar-refractivity contribution in [2.75, 3.05) is 20.2 Å². The predicted molar refractivity (Wildman–Crippen MR) is 77.9 cm³/mol. The summed E-state index contributed by atoms with van der Waals surface area (Å²) in [5.74, 6) is 0.932. The van der Waals surface area contributed by atoms with Gasteiger partial charge in [0.2, 0.25) is 11.8 Å². The molecule has 2 aliphatic rings. The molecular formula is C16H20N2O3. The second kappa shape index (κ2) is 5.39. The Bertz CT molecular complexity index is 555. The number of carbonyl (C=O) groups is 2. The van der Waals surface area contributed by atoms with E-state index in [9.17, 15) is 9.59 Å². The highest BCUT2D eigenvalue weighted by Crippen LogP contribution is 2.30. The number of methoxy groups -OCH3 is 1. The van der Waals surface area contributed by atoms with Crippen LogP contribution in [-0.4, -0.2) is 47.9 Å². The Morgan fingerprint density at radius 1 is 1.24 bits per heavy atom. The predicted octanol–water partition coefficient (Wildman–Crippen LogP) is 1.59. The minimum Gasteiger partial charge on any atom is -0.497 e. The van der Waals surface area contributed by atoms with Gasteiger partial charge >= 0.3 is 0 Å². The van der Waals surface area contributed by atoms with E-state index in [1.807, 2.05) is 31.2 Å². The van der Waals surface area contributed by atoms with Gasteiger partial charge in [0, 0.05) is 6.54 Å². The van der Waals surface area contributed by atoms with Gasteiger partial charge in [0.1, 0.15) is 18.3 Å². The number of carbonyl (C=O) groups excluding carboxylic acids is 2. The first-order valence-electron chi connectivity index (χ1n) is 7.35. The third-order valence-corrected chi connectivity index (χ3v) is 4.51. The van der Waals surface area contributed by atoms with Gasteiger partial charge in [-0.15, -0.1) is 0 Å². The van der Waals surface area contributed by atoms with Gasteiger partial charge in [0.15, 0.2) is 0 Å². The highest BCUT2D eigenvalue weighted by Gasteiger charge is 2.43. The molecule has 112 valence electrons. The number of rotatable bonds is 3. The van der Waals surface area contributed by atoms with Crippen molar-refractivity contribution >= 4 is 11.8 Å². The Hall–Kier alpha value is -2.04. The number of ether oxygens (including phenoxy) is 1. The monoisotopic (exact) mass is 288 g/mol. The van der Waals surface area contributed by atoms with E-state index in [2.05, 4.69) is 0 Å². The number of piperazine rings is 1. The van der Waals surface area contributed by atoms with Crippen molar-refractivity contribution in [1.29, 1.82) is 0 Å². The van der Waals surface area contributed by atoms with E-state index in [0.29, 0.717) is 0 Å². The number of hydrogen-bond donors (Lipinski definition) is 0. The number of hydrogen-bond acceptors (Lipinski definition) is 3. The fraction of sp³-hybridized carbons (Fsp3) is 0.500. The van der Waals surface area contributed by atoms with Gasteiger partial charge in [-0.1, -0.05) is 12.1 Å². The lowest BCUT2D eigenvalue weighted by Gasteiger charge is -2.39. The Kier molecular flexibility index (Phi) is 3.57. The SMILES string of the molecule is COc1ccc(C(C)N2CC(=O)N3CCCC3C2=O)cc1. The molecule has 2 aliphatic heterocycles. The molecule has 2 heterocycles. The minimum atomic E-state index is -0.244. The summed E-state index contributed by atoms with van der Waals surface area (Å²) < 4.78 is 5.15. The smallest absolute Gasteiger partial charge is 0.246 e. The van der Waals surface area contributed by atoms with Crippen LogP contribution in [0, 0.1) is 0 Å². The van der Waals surface area contributed by atoms with Crippen molar-refractivity contribution in [3.63, 3.8) is 0 Å². The maximum Gasteiger partial charge on any atom is 0.246 e. The van der Waals surface area contributed by atoms with Gasteiger partial charge < -0.3 is 14.5 Å². The lowest BCUT2D eigenvalue weighted by Crippen LogP contribution is -2.57. The summed E-state index contributed by atoms with van der Waals surface area (Å²) >= 11 is 0. The highest BCUT2D eigenvalue weighted by molar-refractivity contribution is 5.95. The van der Waals surface area contributed by atoms with Crippen LogP contribution in [0.4, 0.5) is 0 Å². The second-order valence-electron chi connectivity index (χ2n) is 5.66. The van der Waals surface area contributed by atoms with Gasteiger partial charge in [-0.2, -0.15) is 0 Å². The molecule has 2 atom stereocenters. The molecule has 0 aromatic heterocycles. The van der Waals surface area contributed by atoms with Crippen molar-refractivity contribution in [3.8, 4) is 5.75 Å². The number of nitrogens with zero attached hydrogens (tertiary/aromatic N) is 2. The van der Waals surface area contributed by atoms with E-state index < -0.39 is 0 Å².